The molecule has 1 aromatic carbocycles. The molecule has 0 amide bonds. The topological polar surface area (TPSA) is 35.2 Å². The molecule has 0 saturated heterocycles. The molecule has 1 aromatic rings. The van der Waals surface area contributed by atoms with Gasteiger partial charge in [-0.25, -0.2) is 0 Å². The summed E-state index contributed by atoms with van der Waals surface area (Å²) in [5.74, 6) is 1.64. The third-order valence-electron chi connectivity index (χ3n) is 4.56. The van der Waals surface area contributed by atoms with Crippen LogP contribution in [0.5, 0.6) is 0 Å². The lowest BCUT2D eigenvalue weighted by Crippen LogP contribution is -2.26. The standard InChI is InChI=1S/C17H27NO/c1-13-7-8-17(11-14(13)2)19-12-16-6-4-3-5-15(16)9-10-18/h3-6,13-14,17H,7-12,18H2,1-2H3. The summed E-state index contributed by atoms with van der Waals surface area (Å²) in [6.07, 6.45) is 5.11. The van der Waals surface area contributed by atoms with Crippen LogP contribution in [0.2, 0.25) is 0 Å². The summed E-state index contributed by atoms with van der Waals surface area (Å²) < 4.78 is 6.13. The van der Waals surface area contributed by atoms with Crippen molar-refractivity contribution >= 4 is 0 Å². The van der Waals surface area contributed by atoms with Crippen molar-refractivity contribution in [2.45, 2.75) is 52.2 Å². The van der Waals surface area contributed by atoms with Gasteiger partial charge in [0.05, 0.1) is 12.7 Å². The first kappa shape index (κ1) is 14.5. The monoisotopic (exact) mass is 261 g/mol. The van der Waals surface area contributed by atoms with Gasteiger partial charge in [-0.05, 0) is 55.2 Å². The second-order valence-corrected chi connectivity index (χ2v) is 6.01. The fourth-order valence-electron chi connectivity index (χ4n) is 2.95. The molecular formula is C17H27NO. The number of nitrogens with two attached hydrogens (primary N) is 1. The molecule has 0 bridgehead atoms. The molecule has 0 aliphatic heterocycles. The van der Waals surface area contributed by atoms with E-state index in [4.69, 9.17) is 10.5 Å². The van der Waals surface area contributed by atoms with Crippen molar-refractivity contribution in [2.24, 2.45) is 17.6 Å². The zero-order valence-corrected chi connectivity index (χ0v) is 12.3. The van der Waals surface area contributed by atoms with Gasteiger partial charge in [0.1, 0.15) is 0 Å². The Morgan fingerprint density at radius 1 is 1.11 bits per heavy atom. The molecule has 1 aliphatic carbocycles. The third kappa shape index (κ3) is 4.05. The number of hydrogen-bond acceptors (Lipinski definition) is 2. The molecular weight excluding hydrogens is 234 g/mol. The Hall–Kier alpha value is -0.860. The summed E-state index contributed by atoms with van der Waals surface area (Å²) in [4.78, 5) is 0. The highest BCUT2D eigenvalue weighted by atomic mass is 16.5. The van der Waals surface area contributed by atoms with Crippen molar-refractivity contribution < 1.29 is 4.74 Å². The van der Waals surface area contributed by atoms with E-state index >= 15 is 0 Å². The minimum absolute atomic E-state index is 0.442. The molecule has 2 nitrogen and oxygen atoms in total. The highest BCUT2D eigenvalue weighted by Crippen LogP contribution is 2.31. The number of rotatable bonds is 5. The molecule has 1 aliphatic rings. The minimum atomic E-state index is 0.442. The van der Waals surface area contributed by atoms with E-state index in [-0.39, 0.29) is 0 Å². The molecule has 106 valence electrons. The summed E-state index contributed by atoms with van der Waals surface area (Å²) in [6, 6.07) is 8.50. The molecule has 19 heavy (non-hydrogen) atoms. The fourth-order valence-corrected chi connectivity index (χ4v) is 2.95. The maximum Gasteiger partial charge on any atom is 0.0723 e. The van der Waals surface area contributed by atoms with Crippen LogP contribution in [-0.2, 0) is 17.8 Å². The first-order chi connectivity index (χ1) is 9.20. The van der Waals surface area contributed by atoms with Crippen molar-refractivity contribution in [1.82, 2.24) is 0 Å². The van der Waals surface area contributed by atoms with Gasteiger partial charge in [-0.3, -0.25) is 0 Å². The molecule has 0 heterocycles. The van der Waals surface area contributed by atoms with Crippen LogP contribution in [0.4, 0.5) is 0 Å². The van der Waals surface area contributed by atoms with E-state index in [0.717, 1.165) is 24.9 Å². The average molecular weight is 261 g/mol. The lowest BCUT2D eigenvalue weighted by Gasteiger charge is -2.32. The Morgan fingerprint density at radius 2 is 1.84 bits per heavy atom. The van der Waals surface area contributed by atoms with Gasteiger partial charge in [0, 0.05) is 0 Å². The second kappa shape index (κ2) is 7.06. The Labute approximate surface area is 117 Å². The van der Waals surface area contributed by atoms with Crippen LogP contribution in [0, 0.1) is 11.8 Å². The van der Waals surface area contributed by atoms with Crippen LogP contribution in [-0.4, -0.2) is 12.6 Å². The van der Waals surface area contributed by atoms with Gasteiger partial charge in [-0.1, -0.05) is 38.1 Å². The van der Waals surface area contributed by atoms with Crippen LogP contribution >= 0.6 is 0 Å². The van der Waals surface area contributed by atoms with Crippen LogP contribution < -0.4 is 5.73 Å². The smallest absolute Gasteiger partial charge is 0.0723 e. The van der Waals surface area contributed by atoms with Gasteiger partial charge < -0.3 is 10.5 Å². The van der Waals surface area contributed by atoms with Gasteiger partial charge >= 0.3 is 0 Å². The molecule has 2 heteroatoms. The average Bonchev–Trinajstić information content (AvgIpc) is 2.42. The molecule has 0 radical (unpaired) electrons. The first-order valence-corrected chi connectivity index (χ1v) is 7.59. The number of benzene rings is 1. The number of hydrogen-bond donors (Lipinski definition) is 1. The first-order valence-electron chi connectivity index (χ1n) is 7.59. The van der Waals surface area contributed by atoms with E-state index in [1.807, 2.05) is 0 Å². The lowest BCUT2D eigenvalue weighted by atomic mass is 9.80. The van der Waals surface area contributed by atoms with Crippen molar-refractivity contribution in [2.75, 3.05) is 6.54 Å². The van der Waals surface area contributed by atoms with E-state index in [1.54, 1.807) is 0 Å². The van der Waals surface area contributed by atoms with E-state index in [0.29, 0.717) is 12.6 Å². The zero-order valence-electron chi connectivity index (χ0n) is 12.3. The molecule has 2 N–H and O–H groups in total. The van der Waals surface area contributed by atoms with E-state index < -0.39 is 0 Å². The number of ether oxygens (including phenoxy) is 1. The maximum atomic E-state index is 6.13. The summed E-state index contributed by atoms with van der Waals surface area (Å²) in [7, 11) is 0. The SMILES string of the molecule is CC1CCC(OCc2ccccc2CCN)CC1C. The molecule has 0 spiro atoms. The quantitative estimate of drug-likeness (QED) is 0.880. The molecule has 3 unspecified atom stereocenters. The van der Waals surface area contributed by atoms with Gasteiger partial charge in [-0.2, -0.15) is 0 Å². The van der Waals surface area contributed by atoms with Crippen molar-refractivity contribution in [1.29, 1.82) is 0 Å². The van der Waals surface area contributed by atoms with Gasteiger partial charge in [0.25, 0.3) is 0 Å². The molecule has 3 atom stereocenters. The largest absolute Gasteiger partial charge is 0.374 e. The predicted molar refractivity (Wildman–Crippen MR) is 80.0 cm³/mol. The van der Waals surface area contributed by atoms with Gasteiger partial charge in [0.15, 0.2) is 0 Å². The molecule has 1 fully saturated rings. The van der Waals surface area contributed by atoms with Crippen LogP contribution in [0.25, 0.3) is 0 Å². The summed E-state index contributed by atoms with van der Waals surface area (Å²) in [5.41, 5.74) is 8.30. The molecule has 0 aromatic heterocycles. The molecule has 2 rings (SSSR count). The Kier molecular flexibility index (Phi) is 5.41. The summed E-state index contributed by atoms with van der Waals surface area (Å²) >= 11 is 0. The second-order valence-electron chi connectivity index (χ2n) is 6.01. The minimum Gasteiger partial charge on any atom is -0.374 e. The lowest BCUT2D eigenvalue weighted by molar-refractivity contribution is -0.00769. The Morgan fingerprint density at radius 3 is 2.53 bits per heavy atom. The highest BCUT2D eigenvalue weighted by molar-refractivity contribution is 5.26. The van der Waals surface area contributed by atoms with Crippen LogP contribution in [0.1, 0.15) is 44.2 Å². The third-order valence-corrected chi connectivity index (χ3v) is 4.56. The predicted octanol–water partition coefficient (Wildman–Crippen LogP) is 3.53. The highest BCUT2D eigenvalue weighted by Gasteiger charge is 2.24. The zero-order chi connectivity index (χ0) is 13.7. The van der Waals surface area contributed by atoms with E-state index in [1.165, 1.54) is 30.4 Å². The normalized spacial score (nSPS) is 27.4. The molecule has 1 saturated carbocycles. The van der Waals surface area contributed by atoms with Crippen molar-refractivity contribution in [3.63, 3.8) is 0 Å². The van der Waals surface area contributed by atoms with E-state index in [2.05, 4.69) is 38.1 Å². The van der Waals surface area contributed by atoms with Crippen molar-refractivity contribution in [3.8, 4) is 0 Å². The summed E-state index contributed by atoms with van der Waals surface area (Å²) in [6.45, 7) is 6.15. The Bertz CT molecular complexity index is 391. The van der Waals surface area contributed by atoms with Gasteiger partial charge in [-0.15, -0.1) is 0 Å². The maximum absolute atomic E-state index is 6.13. The Balaban J connectivity index is 1.88. The van der Waals surface area contributed by atoms with Crippen LogP contribution in [0.15, 0.2) is 24.3 Å². The van der Waals surface area contributed by atoms with E-state index in [9.17, 15) is 0 Å². The summed E-state index contributed by atoms with van der Waals surface area (Å²) in [5, 5.41) is 0. The van der Waals surface area contributed by atoms with Gasteiger partial charge in [0.2, 0.25) is 0 Å². The van der Waals surface area contributed by atoms with Crippen molar-refractivity contribution in [3.05, 3.63) is 35.4 Å². The van der Waals surface area contributed by atoms with Crippen LogP contribution in [0.3, 0.4) is 0 Å². The fraction of sp³-hybridized carbons (Fsp3) is 0.647.